The van der Waals surface area contributed by atoms with Gasteiger partial charge in [0, 0.05) is 18.3 Å². The standard InChI is InChI=1S/C12H15N3O2/c1-12(2,3)15(11(16)17)8-9-4-5-14-10(6-9)7-13/h4-6H,8H2,1-3H3,(H,16,17). The molecule has 0 atom stereocenters. The summed E-state index contributed by atoms with van der Waals surface area (Å²) in [5.41, 5.74) is 0.567. The van der Waals surface area contributed by atoms with Crippen LogP contribution in [0, 0.1) is 11.3 Å². The average Bonchev–Trinajstić information content (AvgIpc) is 2.24. The Hall–Kier alpha value is -2.09. The van der Waals surface area contributed by atoms with Gasteiger partial charge in [-0.15, -0.1) is 0 Å². The van der Waals surface area contributed by atoms with Gasteiger partial charge in [0.2, 0.25) is 0 Å². The van der Waals surface area contributed by atoms with Crippen LogP contribution in [0.15, 0.2) is 18.3 Å². The first kappa shape index (κ1) is 13.0. The normalized spacial score (nSPS) is 10.7. The summed E-state index contributed by atoms with van der Waals surface area (Å²) in [6.07, 6.45) is 0.532. The number of pyridine rings is 1. The first-order chi connectivity index (χ1) is 7.84. The van der Waals surface area contributed by atoms with Crippen LogP contribution < -0.4 is 0 Å². The molecular weight excluding hydrogens is 218 g/mol. The van der Waals surface area contributed by atoms with Crippen molar-refractivity contribution in [1.29, 1.82) is 5.26 Å². The van der Waals surface area contributed by atoms with Crippen molar-refractivity contribution in [2.45, 2.75) is 32.9 Å². The monoisotopic (exact) mass is 233 g/mol. The zero-order chi connectivity index (χ0) is 13.1. The van der Waals surface area contributed by atoms with Crippen molar-refractivity contribution in [1.82, 2.24) is 9.88 Å². The Morgan fingerprint density at radius 3 is 2.71 bits per heavy atom. The average molecular weight is 233 g/mol. The summed E-state index contributed by atoms with van der Waals surface area (Å²) in [5.74, 6) is 0. The summed E-state index contributed by atoms with van der Waals surface area (Å²) in [6, 6.07) is 5.24. The van der Waals surface area contributed by atoms with E-state index in [1.54, 1.807) is 12.1 Å². The molecule has 1 aromatic heterocycles. The van der Waals surface area contributed by atoms with Crippen LogP contribution in [0.1, 0.15) is 32.0 Å². The minimum absolute atomic E-state index is 0.246. The van der Waals surface area contributed by atoms with Gasteiger partial charge in [0.15, 0.2) is 0 Å². The molecule has 1 amide bonds. The largest absolute Gasteiger partial charge is 0.465 e. The number of nitrogens with zero attached hydrogens (tertiary/aromatic N) is 3. The lowest BCUT2D eigenvalue weighted by Crippen LogP contribution is -2.44. The van der Waals surface area contributed by atoms with E-state index in [1.165, 1.54) is 11.1 Å². The van der Waals surface area contributed by atoms with Gasteiger partial charge in [-0.25, -0.2) is 9.78 Å². The Balaban J connectivity index is 2.95. The van der Waals surface area contributed by atoms with Gasteiger partial charge in [0.25, 0.3) is 0 Å². The van der Waals surface area contributed by atoms with E-state index in [0.717, 1.165) is 5.56 Å². The molecule has 0 saturated carbocycles. The number of nitriles is 1. The third-order valence-corrected chi connectivity index (χ3v) is 2.32. The molecule has 0 spiro atoms. The van der Waals surface area contributed by atoms with E-state index in [0.29, 0.717) is 5.69 Å². The first-order valence-electron chi connectivity index (χ1n) is 5.20. The van der Waals surface area contributed by atoms with Gasteiger partial charge < -0.3 is 5.11 Å². The van der Waals surface area contributed by atoms with Gasteiger partial charge in [0.1, 0.15) is 11.8 Å². The maximum absolute atomic E-state index is 11.2. The van der Waals surface area contributed by atoms with Crippen LogP contribution in [0.3, 0.4) is 0 Å². The number of carboxylic acid groups (broad SMARTS) is 1. The minimum Gasteiger partial charge on any atom is -0.465 e. The highest BCUT2D eigenvalue weighted by molar-refractivity contribution is 5.66. The zero-order valence-corrected chi connectivity index (χ0v) is 10.1. The molecule has 0 unspecified atom stereocenters. The molecule has 1 heterocycles. The van der Waals surface area contributed by atoms with E-state index >= 15 is 0 Å². The van der Waals surface area contributed by atoms with E-state index in [4.69, 9.17) is 10.4 Å². The maximum atomic E-state index is 11.2. The van der Waals surface area contributed by atoms with Crippen LogP contribution in [-0.4, -0.2) is 26.6 Å². The van der Waals surface area contributed by atoms with Crippen LogP contribution in [0.5, 0.6) is 0 Å². The molecule has 5 nitrogen and oxygen atoms in total. The van der Waals surface area contributed by atoms with Gasteiger partial charge in [-0.1, -0.05) is 0 Å². The molecule has 0 aliphatic carbocycles. The summed E-state index contributed by atoms with van der Waals surface area (Å²) in [5, 5.41) is 17.9. The van der Waals surface area contributed by atoms with Crippen LogP contribution in [0.2, 0.25) is 0 Å². The van der Waals surface area contributed by atoms with E-state index in [2.05, 4.69) is 4.98 Å². The smallest absolute Gasteiger partial charge is 0.408 e. The van der Waals surface area contributed by atoms with Gasteiger partial charge in [0.05, 0.1) is 0 Å². The molecule has 0 aromatic carbocycles. The molecule has 0 radical (unpaired) electrons. The van der Waals surface area contributed by atoms with Gasteiger partial charge >= 0.3 is 6.09 Å². The number of carbonyl (C=O) groups is 1. The summed E-state index contributed by atoms with van der Waals surface area (Å²) in [4.78, 5) is 16.3. The summed E-state index contributed by atoms with van der Waals surface area (Å²) < 4.78 is 0. The second-order valence-electron chi connectivity index (χ2n) is 4.70. The summed E-state index contributed by atoms with van der Waals surface area (Å²) in [7, 11) is 0. The maximum Gasteiger partial charge on any atom is 0.408 e. The molecule has 0 aliphatic rings. The van der Waals surface area contributed by atoms with E-state index < -0.39 is 11.6 Å². The molecule has 0 aliphatic heterocycles. The van der Waals surface area contributed by atoms with Gasteiger partial charge in [-0.2, -0.15) is 5.26 Å². The van der Waals surface area contributed by atoms with Crippen LogP contribution in [0.4, 0.5) is 4.79 Å². The molecule has 0 bridgehead atoms. The predicted octanol–water partition coefficient (Wildman–Crippen LogP) is 2.23. The topological polar surface area (TPSA) is 77.2 Å². The summed E-state index contributed by atoms with van der Waals surface area (Å²) >= 11 is 0. The molecule has 0 saturated heterocycles. The molecular formula is C12H15N3O2. The quantitative estimate of drug-likeness (QED) is 0.849. The highest BCUT2D eigenvalue weighted by Crippen LogP contribution is 2.17. The lowest BCUT2D eigenvalue weighted by atomic mass is 10.1. The zero-order valence-electron chi connectivity index (χ0n) is 10.1. The van der Waals surface area contributed by atoms with E-state index in [9.17, 15) is 4.79 Å². The number of hydrogen-bond acceptors (Lipinski definition) is 3. The Bertz CT molecular complexity index is 458. The fourth-order valence-corrected chi connectivity index (χ4v) is 1.41. The highest BCUT2D eigenvalue weighted by Gasteiger charge is 2.26. The fraction of sp³-hybridized carbons (Fsp3) is 0.417. The van der Waals surface area contributed by atoms with Crippen LogP contribution >= 0.6 is 0 Å². The Morgan fingerprint density at radius 2 is 2.24 bits per heavy atom. The van der Waals surface area contributed by atoms with Crippen molar-refractivity contribution in [3.8, 4) is 6.07 Å². The second kappa shape index (κ2) is 4.83. The number of hydrogen-bond donors (Lipinski definition) is 1. The van der Waals surface area contributed by atoms with Crippen molar-refractivity contribution in [2.75, 3.05) is 0 Å². The van der Waals surface area contributed by atoms with E-state index in [-0.39, 0.29) is 6.54 Å². The first-order valence-corrected chi connectivity index (χ1v) is 5.20. The molecule has 5 heteroatoms. The fourth-order valence-electron chi connectivity index (χ4n) is 1.41. The van der Waals surface area contributed by atoms with Crippen molar-refractivity contribution >= 4 is 6.09 Å². The SMILES string of the molecule is CC(C)(C)N(Cc1ccnc(C#N)c1)C(=O)O. The second-order valence-corrected chi connectivity index (χ2v) is 4.70. The number of aromatic nitrogens is 1. The molecule has 0 fully saturated rings. The van der Waals surface area contributed by atoms with E-state index in [1.807, 2.05) is 26.8 Å². The van der Waals surface area contributed by atoms with Gasteiger partial charge in [-0.3, -0.25) is 4.90 Å². The van der Waals surface area contributed by atoms with Crippen molar-refractivity contribution < 1.29 is 9.90 Å². The third kappa shape index (κ3) is 3.45. The third-order valence-electron chi connectivity index (χ3n) is 2.32. The Kier molecular flexibility index (Phi) is 3.69. The predicted molar refractivity (Wildman–Crippen MR) is 62.3 cm³/mol. The molecule has 90 valence electrons. The molecule has 17 heavy (non-hydrogen) atoms. The van der Waals surface area contributed by atoms with Gasteiger partial charge in [-0.05, 0) is 38.5 Å². The number of amides is 1. The van der Waals surface area contributed by atoms with Crippen LogP contribution in [-0.2, 0) is 6.54 Å². The molecule has 1 aromatic rings. The Labute approximate surface area is 100 Å². The number of rotatable bonds is 2. The lowest BCUT2D eigenvalue weighted by molar-refractivity contribution is 0.0955. The molecule has 1 N–H and O–H groups in total. The highest BCUT2D eigenvalue weighted by atomic mass is 16.4. The van der Waals surface area contributed by atoms with Crippen molar-refractivity contribution in [2.24, 2.45) is 0 Å². The Morgan fingerprint density at radius 1 is 1.59 bits per heavy atom. The lowest BCUT2D eigenvalue weighted by Gasteiger charge is -2.33. The van der Waals surface area contributed by atoms with Crippen molar-refractivity contribution in [3.63, 3.8) is 0 Å². The van der Waals surface area contributed by atoms with Crippen molar-refractivity contribution in [3.05, 3.63) is 29.6 Å². The summed E-state index contributed by atoms with van der Waals surface area (Å²) in [6.45, 7) is 5.73. The molecule has 1 rings (SSSR count). The minimum atomic E-state index is -0.979. The van der Waals surface area contributed by atoms with Crippen LogP contribution in [0.25, 0.3) is 0 Å².